The first-order valence-corrected chi connectivity index (χ1v) is 10.3. The SMILES string of the molecule is Cc1cc(F)ccc1CN(C=O)C[C@H](NC(=O)NC=O)c1ccc(-c2nccs2)cc1. The Bertz CT molecular complexity index is 1040. The van der Waals surface area contributed by atoms with E-state index in [1.807, 2.05) is 35.0 Å². The van der Waals surface area contributed by atoms with Gasteiger partial charge in [0.05, 0.1) is 6.04 Å². The summed E-state index contributed by atoms with van der Waals surface area (Å²) in [5.41, 5.74) is 3.21. The molecule has 1 heterocycles. The molecule has 31 heavy (non-hydrogen) atoms. The zero-order valence-corrected chi connectivity index (χ0v) is 17.6. The van der Waals surface area contributed by atoms with Gasteiger partial charge in [0, 0.05) is 30.2 Å². The first kappa shape index (κ1) is 22.1. The number of urea groups is 1. The Balaban J connectivity index is 1.80. The molecule has 0 unspecified atom stereocenters. The lowest BCUT2D eigenvalue weighted by atomic mass is 10.0. The summed E-state index contributed by atoms with van der Waals surface area (Å²) in [6.07, 6.45) is 2.69. The minimum atomic E-state index is -0.673. The van der Waals surface area contributed by atoms with E-state index in [1.165, 1.54) is 28.4 Å². The lowest BCUT2D eigenvalue weighted by Crippen LogP contribution is -2.42. The van der Waals surface area contributed by atoms with Crippen LogP contribution >= 0.6 is 11.3 Å². The van der Waals surface area contributed by atoms with E-state index in [-0.39, 0.29) is 25.3 Å². The molecular weight excluding hydrogens is 419 g/mol. The van der Waals surface area contributed by atoms with Gasteiger partial charge < -0.3 is 10.2 Å². The van der Waals surface area contributed by atoms with E-state index in [0.717, 1.165) is 27.3 Å². The van der Waals surface area contributed by atoms with Crippen LogP contribution in [0.15, 0.2) is 54.0 Å². The Morgan fingerprint density at radius 1 is 1.23 bits per heavy atom. The molecule has 9 heteroatoms. The number of hydrogen-bond acceptors (Lipinski definition) is 5. The van der Waals surface area contributed by atoms with Gasteiger partial charge in [-0.05, 0) is 35.7 Å². The van der Waals surface area contributed by atoms with E-state index in [9.17, 15) is 18.8 Å². The highest BCUT2D eigenvalue weighted by molar-refractivity contribution is 7.13. The minimum Gasteiger partial charge on any atom is -0.339 e. The summed E-state index contributed by atoms with van der Waals surface area (Å²) in [5.74, 6) is -0.343. The van der Waals surface area contributed by atoms with Crippen molar-refractivity contribution in [1.82, 2.24) is 20.5 Å². The summed E-state index contributed by atoms with van der Waals surface area (Å²) in [6, 6.07) is 10.6. The highest BCUT2D eigenvalue weighted by Gasteiger charge is 2.19. The summed E-state index contributed by atoms with van der Waals surface area (Å²) in [5, 5.41) is 7.51. The third-order valence-corrected chi connectivity index (χ3v) is 5.55. The first-order chi connectivity index (χ1) is 15.0. The lowest BCUT2D eigenvalue weighted by Gasteiger charge is -2.26. The number of aryl methyl sites for hydroxylation is 1. The normalized spacial score (nSPS) is 11.4. The predicted octanol–water partition coefficient (Wildman–Crippen LogP) is 3.41. The van der Waals surface area contributed by atoms with E-state index in [4.69, 9.17) is 0 Å². The van der Waals surface area contributed by atoms with Crippen molar-refractivity contribution in [3.8, 4) is 10.6 Å². The van der Waals surface area contributed by atoms with Crippen molar-refractivity contribution in [2.24, 2.45) is 0 Å². The number of amides is 4. The number of benzene rings is 2. The molecule has 0 fully saturated rings. The summed E-state index contributed by atoms with van der Waals surface area (Å²) in [7, 11) is 0. The number of carbonyl (C=O) groups is 3. The molecule has 1 atom stereocenters. The number of rotatable bonds is 9. The van der Waals surface area contributed by atoms with Gasteiger partial charge in [0.2, 0.25) is 12.8 Å². The first-order valence-electron chi connectivity index (χ1n) is 9.45. The molecule has 3 aromatic rings. The smallest absolute Gasteiger partial charge is 0.321 e. The zero-order valence-electron chi connectivity index (χ0n) is 16.7. The van der Waals surface area contributed by atoms with Crippen LogP contribution in [0.3, 0.4) is 0 Å². The van der Waals surface area contributed by atoms with Crippen LogP contribution in [-0.2, 0) is 16.1 Å². The van der Waals surface area contributed by atoms with Crippen molar-refractivity contribution in [2.75, 3.05) is 6.54 Å². The zero-order chi connectivity index (χ0) is 22.2. The third kappa shape index (κ3) is 5.95. The molecule has 0 bridgehead atoms. The highest BCUT2D eigenvalue weighted by atomic mass is 32.1. The summed E-state index contributed by atoms with van der Waals surface area (Å²) in [6.45, 7) is 2.18. The number of halogens is 1. The molecular formula is C22H21FN4O3S. The van der Waals surface area contributed by atoms with Gasteiger partial charge in [0.25, 0.3) is 0 Å². The molecule has 0 radical (unpaired) electrons. The summed E-state index contributed by atoms with van der Waals surface area (Å²) in [4.78, 5) is 40.1. The Morgan fingerprint density at radius 3 is 2.61 bits per heavy atom. The van der Waals surface area contributed by atoms with Crippen molar-refractivity contribution in [3.05, 3.63) is 76.5 Å². The van der Waals surface area contributed by atoms with E-state index in [1.54, 1.807) is 19.2 Å². The fraction of sp³-hybridized carbons (Fsp3) is 0.182. The number of nitrogens with one attached hydrogen (secondary N) is 2. The molecule has 4 amide bonds. The largest absolute Gasteiger partial charge is 0.339 e. The molecule has 2 aromatic carbocycles. The van der Waals surface area contributed by atoms with Crippen LogP contribution in [0.25, 0.3) is 10.6 Å². The van der Waals surface area contributed by atoms with Crippen LogP contribution in [-0.4, -0.2) is 35.3 Å². The Morgan fingerprint density at radius 2 is 2.00 bits per heavy atom. The second-order valence-corrected chi connectivity index (χ2v) is 7.75. The molecule has 0 aliphatic carbocycles. The van der Waals surface area contributed by atoms with Gasteiger partial charge in [0.1, 0.15) is 10.8 Å². The minimum absolute atomic E-state index is 0.156. The number of nitrogens with zero attached hydrogens (tertiary/aromatic N) is 2. The van der Waals surface area contributed by atoms with E-state index in [2.05, 4.69) is 10.3 Å². The van der Waals surface area contributed by atoms with Gasteiger partial charge in [0.15, 0.2) is 0 Å². The standard InChI is InChI=1S/C22H21FN4O3S/c1-15-10-19(23)7-6-18(15)11-27(14-29)12-20(26-22(30)25-13-28)16-2-4-17(5-3-16)21-24-8-9-31-21/h2-10,13-14,20H,11-12H2,1H3,(H2,25,26,28,30)/t20-/m0/s1. The topological polar surface area (TPSA) is 91.4 Å². The molecule has 0 spiro atoms. The van der Waals surface area contributed by atoms with Crippen molar-refractivity contribution >= 4 is 30.2 Å². The molecule has 7 nitrogen and oxygen atoms in total. The van der Waals surface area contributed by atoms with Crippen LogP contribution in [0, 0.1) is 12.7 Å². The van der Waals surface area contributed by atoms with E-state index in [0.29, 0.717) is 6.41 Å². The van der Waals surface area contributed by atoms with Crippen LogP contribution < -0.4 is 10.6 Å². The Kier molecular flexibility index (Phi) is 7.45. The quantitative estimate of drug-likeness (QED) is 0.499. The van der Waals surface area contributed by atoms with Gasteiger partial charge in [-0.2, -0.15) is 0 Å². The maximum absolute atomic E-state index is 13.4. The molecule has 160 valence electrons. The maximum atomic E-state index is 13.4. The lowest BCUT2D eigenvalue weighted by molar-refractivity contribution is -0.119. The molecule has 1 aromatic heterocycles. The molecule has 0 saturated carbocycles. The molecule has 0 aliphatic rings. The van der Waals surface area contributed by atoms with Crippen molar-refractivity contribution < 1.29 is 18.8 Å². The molecule has 0 aliphatic heterocycles. The second kappa shape index (κ2) is 10.4. The predicted molar refractivity (Wildman–Crippen MR) is 116 cm³/mol. The number of imide groups is 1. The highest BCUT2D eigenvalue weighted by Crippen LogP contribution is 2.24. The average molecular weight is 441 g/mol. The fourth-order valence-corrected chi connectivity index (χ4v) is 3.79. The third-order valence-electron chi connectivity index (χ3n) is 4.73. The van der Waals surface area contributed by atoms with Crippen LogP contribution in [0.5, 0.6) is 0 Å². The Hall–Kier alpha value is -3.59. The van der Waals surface area contributed by atoms with Gasteiger partial charge in [-0.15, -0.1) is 11.3 Å². The van der Waals surface area contributed by atoms with Gasteiger partial charge in [-0.3, -0.25) is 14.9 Å². The van der Waals surface area contributed by atoms with Crippen molar-refractivity contribution in [1.29, 1.82) is 0 Å². The van der Waals surface area contributed by atoms with Crippen molar-refractivity contribution in [3.63, 3.8) is 0 Å². The van der Waals surface area contributed by atoms with Crippen LogP contribution in [0.2, 0.25) is 0 Å². The number of aromatic nitrogens is 1. The monoisotopic (exact) mass is 440 g/mol. The number of thiazole rings is 1. The Labute approximate surface area is 182 Å². The summed E-state index contributed by atoms with van der Waals surface area (Å²) >= 11 is 1.51. The van der Waals surface area contributed by atoms with Crippen molar-refractivity contribution in [2.45, 2.75) is 19.5 Å². The molecule has 0 saturated heterocycles. The van der Waals surface area contributed by atoms with Gasteiger partial charge in [-0.25, -0.2) is 14.2 Å². The molecule has 2 N–H and O–H groups in total. The van der Waals surface area contributed by atoms with E-state index >= 15 is 0 Å². The average Bonchev–Trinajstić information content (AvgIpc) is 3.29. The molecule has 3 rings (SSSR count). The van der Waals surface area contributed by atoms with Crippen LogP contribution in [0.1, 0.15) is 22.7 Å². The fourth-order valence-electron chi connectivity index (χ4n) is 3.15. The summed E-state index contributed by atoms with van der Waals surface area (Å²) < 4.78 is 13.4. The second-order valence-electron chi connectivity index (χ2n) is 6.85. The van der Waals surface area contributed by atoms with Crippen LogP contribution in [0.4, 0.5) is 9.18 Å². The maximum Gasteiger partial charge on any atom is 0.321 e. The number of carbonyl (C=O) groups excluding carboxylic acids is 3. The number of hydrogen-bond donors (Lipinski definition) is 2. The van der Waals surface area contributed by atoms with E-state index < -0.39 is 12.1 Å². The van der Waals surface area contributed by atoms with Gasteiger partial charge in [-0.1, -0.05) is 30.3 Å². The van der Waals surface area contributed by atoms with Gasteiger partial charge >= 0.3 is 6.03 Å².